The molecule has 1 amide bonds. The number of aryl methyl sites for hydroxylation is 1. The molecule has 4 heterocycles. The average Bonchev–Trinajstić information content (AvgIpc) is 3.32. The number of benzene rings is 1. The van der Waals surface area contributed by atoms with E-state index in [-0.39, 0.29) is 17.8 Å². The van der Waals surface area contributed by atoms with E-state index in [1.54, 1.807) is 23.2 Å². The largest absolute Gasteiger partial charge is 0.355 e. The van der Waals surface area contributed by atoms with Gasteiger partial charge in [0.1, 0.15) is 17.5 Å². The van der Waals surface area contributed by atoms with Crippen molar-refractivity contribution in [2.24, 2.45) is 5.73 Å². The van der Waals surface area contributed by atoms with Gasteiger partial charge in [0.15, 0.2) is 0 Å². The Morgan fingerprint density at radius 2 is 1.93 bits per heavy atom. The molecule has 0 spiro atoms. The molecule has 2 aliphatic heterocycles. The van der Waals surface area contributed by atoms with Gasteiger partial charge in [-0.15, -0.1) is 0 Å². The molecule has 2 aliphatic rings. The first kappa shape index (κ1) is 18.7. The molecule has 1 atom stereocenters. The molecular weight excluding hydrogens is 381 g/mol. The Morgan fingerprint density at radius 3 is 2.70 bits per heavy atom. The monoisotopic (exact) mass is 403 g/mol. The number of hydrogen-bond donors (Lipinski definition) is 1. The predicted octanol–water partition coefficient (Wildman–Crippen LogP) is 3.29. The maximum atomic E-state index is 14.6. The fraction of sp³-hybridized carbons (Fsp3) is 0.261. The molecule has 1 saturated heterocycles. The lowest BCUT2D eigenvalue weighted by Crippen LogP contribution is -2.28. The molecular formula is C23H22FN5O. The predicted molar refractivity (Wildman–Crippen MR) is 114 cm³/mol. The minimum atomic E-state index is -0.340. The number of aromatic nitrogens is 2. The molecule has 1 aromatic carbocycles. The Morgan fingerprint density at radius 1 is 1.13 bits per heavy atom. The van der Waals surface area contributed by atoms with Crippen molar-refractivity contribution >= 4 is 17.5 Å². The molecule has 2 aromatic heterocycles. The van der Waals surface area contributed by atoms with E-state index in [0.717, 1.165) is 36.5 Å². The van der Waals surface area contributed by atoms with Crippen LogP contribution in [0.3, 0.4) is 0 Å². The summed E-state index contributed by atoms with van der Waals surface area (Å²) in [6.45, 7) is 3.76. The highest BCUT2D eigenvalue weighted by atomic mass is 19.1. The summed E-state index contributed by atoms with van der Waals surface area (Å²) < 4.78 is 14.6. The van der Waals surface area contributed by atoms with Gasteiger partial charge in [0.05, 0.1) is 12.2 Å². The van der Waals surface area contributed by atoms with Gasteiger partial charge in [0.2, 0.25) is 0 Å². The molecule has 152 valence electrons. The molecule has 2 N–H and O–H groups in total. The van der Waals surface area contributed by atoms with Gasteiger partial charge >= 0.3 is 0 Å². The van der Waals surface area contributed by atoms with Gasteiger partial charge in [0.25, 0.3) is 5.91 Å². The smallest absolute Gasteiger partial charge is 0.260 e. The van der Waals surface area contributed by atoms with Crippen molar-refractivity contribution in [1.82, 2.24) is 9.97 Å². The van der Waals surface area contributed by atoms with Crippen LogP contribution in [0.4, 0.5) is 16.0 Å². The first-order chi connectivity index (χ1) is 14.5. The zero-order valence-electron chi connectivity index (χ0n) is 16.7. The Bertz CT molecular complexity index is 1130. The first-order valence-electron chi connectivity index (χ1n) is 10.1. The van der Waals surface area contributed by atoms with Crippen molar-refractivity contribution in [1.29, 1.82) is 0 Å². The molecule has 7 heteroatoms. The first-order valence-corrected chi connectivity index (χ1v) is 10.1. The summed E-state index contributed by atoms with van der Waals surface area (Å²) in [5.41, 5.74) is 9.04. The Hall–Kier alpha value is -3.32. The molecule has 0 aliphatic carbocycles. The van der Waals surface area contributed by atoms with E-state index in [1.165, 1.54) is 6.07 Å². The molecule has 30 heavy (non-hydrogen) atoms. The summed E-state index contributed by atoms with van der Waals surface area (Å²) in [6.07, 6.45) is 2.49. The molecule has 0 bridgehead atoms. The SMILES string of the molecule is Cc1cccc(F)c1-c1nccc2c1CN(c1cccc(N3CC[C@@H](N)C3)n1)C2=O. The van der Waals surface area contributed by atoms with E-state index in [1.807, 2.05) is 31.2 Å². The second kappa shape index (κ2) is 7.18. The highest BCUT2D eigenvalue weighted by Crippen LogP contribution is 2.36. The zero-order valence-corrected chi connectivity index (χ0v) is 16.7. The Labute approximate surface area is 174 Å². The third-order valence-electron chi connectivity index (χ3n) is 5.85. The van der Waals surface area contributed by atoms with E-state index in [4.69, 9.17) is 10.7 Å². The summed E-state index contributed by atoms with van der Waals surface area (Å²) in [5.74, 6) is 0.899. The van der Waals surface area contributed by atoms with E-state index in [0.29, 0.717) is 29.2 Å². The van der Waals surface area contributed by atoms with E-state index in [2.05, 4.69) is 9.88 Å². The zero-order chi connectivity index (χ0) is 20.8. The van der Waals surface area contributed by atoms with Gasteiger partial charge in [-0.1, -0.05) is 18.2 Å². The number of carbonyl (C=O) groups excluding carboxylic acids is 1. The normalized spacial score (nSPS) is 18.2. The van der Waals surface area contributed by atoms with Crippen LogP contribution in [0.1, 0.15) is 27.9 Å². The van der Waals surface area contributed by atoms with Gasteiger partial charge < -0.3 is 10.6 Å². The van der Waals surface area contributed by atoms with Crippen molar-refractivity contribution in [2.45, 2.75) is 25.9 Å². The van der Waals surface area contributed by atoms with Gasteiger partial charge in [-0.05, 0) is 43.2 Å². The number of hydrogen-bond acceptors (Lipinski definition) is 5. The number of halogens is 1. The number of amides is 1. The van der Waals surface area contributed by atoms with Crippen LogP contribution in [-0.4, -0.2) is 35.0 Å². The summed E-state index contributed by atoms with van der Waals surface area (Å²) in [5, 5.41) is 0. The standard InChI is InChI=1S/C23H22FN5O/c1-14-4-2-5-18(24)21(14)22-17-13-29(23(30)16(17)8-10-26-22)20-7-3-6-19(27-20)28-11-9-15(25)12-28/h2-8,10,15H,9,11-13,25H2,1H3/t15-/m1/s1. The number of pyridine rings is 2. The number of carbonyl (C=O) groups is 1. The number of nitrogens with zero attached hydrogens (tertiary/aromatic N) is 4. The topological polar surface area (TPSA) is 75.3 Å². The highest BCUT2D eigenvalue weighted by molar-refractivity contribution is 6.10. The molecule has 0 radical (unpaired) electrons. The minimum Gasteiger partial charge on any atom is -0.355 e. The molecule has 3 aromatic rings. The minimum absolute atomic E-state index is 0.144. The second-order valence-electron chi connectivity index (χ2n) is 7.86. The summed E-state index contributed by atoms with van der Waals surface area (Å²) in [7, 11) is 0. The molecule has 0 unspecified atom stereocenters. The van der Waals surface area contributed by atoms with Crippen LogP contribution in [0.15, 0.2) is 48.7 Å². The number of anilines is 2. The van der Waals surface area contributed by atoms with Gasteiger partial charge in [-0.25, -0.2) is 9.37 Å². The van der Waals surface area contributed by atoms with Gasteiger partial charge in [-0.2, -0.15) is 0 Å². The lowest BCUT2D eigenvalue weighted by atomic mass is 9.99. The summed E-state index contributed by atoms with van der Waals surface area (Å²) in [4.78, 5) is 26.1. The molecule has 6 nitrogen and oxygen atoms in total. The maximum absolute atomic E-state index is 14.6. The fourth-order valence-corrected chi connectivity index (χ4v) is 4.29. The quantitative estimate of drug-likeness (QED) is 0.726. The number of nitrogens with two attached hydrogens (primary N) is 1. The van der Waals surface area contributed by atoms with E-state index >= 15 is 0 Å². The average molecular weight is 403 g/mol. The maximum Gasteiger partial charge on any atom is 0.260 e. The molecule has 0 saturated carbocycles. The van der Waals surface area contributed by atoms with Crippen LogP contribution in [0.2, 0.25) is 0 Å². The van der Waals surface area contributed by atoms with Gasteiger partial charge in [-0.3, -0.25) is 14.7 Å². The van der Waals surface area contributed by atoms with Crippen LogP contribution in [0.5, 0.6) is 0 Å². The fourth-order valence-electron chi connectivity index (χ4n) is 4.29. The van der Waals surface area contributed by atoms with E-state index < -0.39 is 0 Å². The Kier molecular flexibility index (Phi) is 4.47. The summed E-state index contributed by atoms with van der Waals surface area (Å²) >= 11 is 0. The van der Waals surface area contributed by atoms with Crippen LogP contribution < -0.4 is 15.5 Å². The van der Waals surface area contributed by atoms with Crippen LogP contribution in [-0.2, 0) is 6.54 Å². The summed E-state index contributed by atoms with van der Waals surface area (Å²) in [6, 6.07) is 12.4. The van der Waals surface area contributed by atoms with Crippen molar-refractivity contribution < 1.29 is 9.18 Å². The second-order valence-corrected chi connectivity index (χ2v) is 7.86. The van der Waals surface area contributed by atoms with Crippen molar-refractivity contribution in [3.05, 3.63) is 71.2 Å². The van der Waals surface area contributed by atoms with Crippen LogP contribution >= 0.6 is 0 Å². The van der Waals surface area contributed by atoms with Crippen LogP contribution in [0, 0.1) is 12.7 Å². The van der Waals surface area contributed by atoms with Crippen molar-refractivity contribution in [3.63, 3.8) is 0 Å². The van der Waals surface area contributed by atoms with E-state index in [9.17, 15) is 9.18 Å². The van der Waals surface area contributed by atoms with Crippen molar-refractivity contribution in [2.75, 3.05) is 22.9 Å². The highest BCUT2D eigenvalue weighted by Gasteiger charge is 2.33. The lowest BCUT2D eigenvalue weighted by Gasteiger charge is -2.20. The van der Waals surface area contributed by atoms with Crippen LogP contribution in [0.25, 0.3) is 11.3 Å². The van der Waals surface area contributed by atoms with Gasteiger partial charge in [0, 0.05) is 42.0 Å². The number of rotatable bonds is 3. The van der Waals surface area contributed by atoms with Crippen molar-refractivity contribution in [3.8, 4) is 11.3 Å². The molecule has 5 rings (SSSR count). The lowest BCUT2D eigenvalue weighted by molar-refractivity contribution is 0.0996. The molecule has 1 fully saturated rings. The Balaban J connectivity index is 1.52. The third kappa shape index (κ3) is 3.02. The third-order valence-corrected chi connectivity index (χ3v) is 5.85. The number of fused-ring (bicyclic) bond motifs is 1.